The van der Waals surface area contributed by atoms with Crippen LogP contribution in [0, 0.1) is 5.21 Å². The minimum Gasteiger partial charge on any atom is -0.595 e. The number of hydrogen-bond acceptors (Lipinski definition) is 4. The van der Waals surface area contributed by atoms with Crippen molar-refractivity contribution in [3.05, 3.63) is 23.4 Å². The lowest BCUT2D eigenvalue weighted by Gasteiger charge is -2.24. The molecule has 1 rings (SSSR count). The van der Waals surface area contributed by atoms with Crippen molar-refractivity contribution >= 4 is 5.69 Å². The SMILES string of the molecule is [O-][NH+](O)c1cc(OC(F)(F)C(F)(F)F)ccc1OC(F)(F)C(F)(F)F. The van der Waals surface area contributed by atoms with E-state index in [1.54, 1.807) is 0 Å². The van der Waals surface area contributed by atoms with Gasteiger partial charge in [0.05, 0.1) is 0 Å². The van der Waals surface area contributed by atoms with Gasteiger partial charge in [0.25, 0.3) is 0 Å². The highest BCUT2D eigenvalue weighted by molar-refractivity contribution is 5.50. The Morgan fingerprint density at radius 1 is 0.800 bits per heavy atom. The summed E-state index contributed by atoms with van der Waals surface area (Å²) in [7, 11) is 0. The smallest absolute Gasteiger partial charge is 0.499 e. The number of nitrogens with one attached hydrogen (secondary N) is 1. The fourth-order valence-corrected chi connectivity index (χ4v) is 1.23. The maximum absolute atomic E-state index is 12.7. The predicted molar refractivity (Wildman–Crippen MR) is 55.5 cm³/mol. The van der Waals surface area contributed by atoms with E-state index in [9.17, 15) is 49.1 Å². The van der Waals surface area contributed by atoms with Crippen LogP contribution in [0.25, 0.3) is 0 Å². The van der Waals surface area contributed by atoms with E-state index in [-0.39, 0.29) is 18.2 Å². The first-order valence-electron chi connectivity index (χ1n) is 5.62. The maximum atomic E-state index is 12.7. The number of alkyl halides is 10. The van der Waals surface area contributed by atoms with Gasteiger partial charge in [-0.1, -0.05) is 0 Å². The number of benzene rings is 1. The third kappa shape index (κ3) is 4.76. The summed E-state index contributed by atoms with van der Waals surface area (Å²) in [6, 6.07) is -0.0391. The molecule has 0 aliphatic rings. The topological polar surface area (TPSA) is 66.2 Å². The zero-order chi connectivity index (χ0) is 19.8. The minimum atomic E-state index is -6.25. The van der Waals surface area contributed by atoms with Gasteiger partial charge in [-0.15, -0.1) is 0 Å². The lowest BCUT2D eigenvalue weighted by atomic mass is 10.2. The minimum absolute atomic E-state index is 0.00485. The summed E-state index contributed by atoms with van der Waals surface area (Å²) in [5, 5.41) is 17.2. The Kier molecular flexibility index (Phi) is 5.37. The molecule has 0 aromatic heterocycles. The van der Waals surface area contributed by atoms with Gasteiger partial charge in [0, 0.05) is 6.07 Å². The highest BCUT2D eigenvalue weighted by Crippen LogP contribution is 2.41. The molecule has 0 spiro atoms. The Hall–Kier alpha value is -2.00. The van der Waals surface area contributed by atoms with Crippen LogP contribution in [-0.2, 0) is 0 Å². The van der Waals surface area contributed by atoms with Crippen molar-refractivity contribution in [1.82, 2.24) is 0 Å². The summed E-state index contributed by atoms with van der Waals surface area (Å²) < 4.78 is 129. The molecule has 0 amide bonds. The van der Waals surface area contributed by atoms with Crippen molar-refractivity contribution < 1.29 is 63.8 Å². The molecule has 144 valence electrons. The molecule has 5 nitrogen and oxygen atoms in total. The van der Waals surface area contributed by atoms with Crippen molar-refractivity contribution in [2.45, 2.75) is 24.6 Å². The van der Waals surface area contributed by atoms with Gasteiger partial charge < -0.3 is 14.7 Å². The summed E-state index contributed by atoms with van der Waals surface area (Å²) >= 11 is 0. The van der Waals surface area contributed by atoms with Crippen LogP contribution in [-0.4, -0.2) is 29.8 Å². The molecule has 1 aromatic carbocycles. The van der Waals surface area contributed by atoms with E-state index in [0.717, 1.165) is 0 Å². The molecule has 0 aliphatic carbocycles. The molecular weight excluding hydrogens is 388 g/mol. The fourth-order valence-electron chi connectivity index (χ4n) is 1.23. The Labute approximate surface area is 130 Å². The van der Waals surface area contributed by atoms with Gasteiger partial charge in [0.2, 0.25) is 5.69 Å². The largest absolute Gasteiger partial charge is 0.595 e. The zero-order valence-electron chi connectivity index (χ0n) is 11.2. The van der Waals surface area contributed by atoms with E-state index < -0.39 is 47.0 Å². The van der Waals surface area contributed by atoms with Crippen LogP contribution in [0.4, 0.5) is 49.6 Å². The molecule has 0 radical (unpaired) electrons. The van der Waals surface area contributed by atoms with Crippen LogP contribution in [0.5, 0.6) is 11.5 Å². The monoisotopic (exact) mass is 393 g/mol. The van der Waals surface area contributed by atoms with Crippen molar-refractivity contribution in [2.75, 3.05) is 0 Å². The normalized spacial score (nSPS) is 15.0. The van der Waals surface area contributed by atoms with Gasteiger partial charge in [0.1, 0.15) is 5.75 Å². The van der Waals surface area contributed by atoms with Crippen molar-refractivity contribution in [3.63, 3.8) is 0 Å². The molecule has 1 aromatic rings. The van der Waals surface area contributed by atoms with Gasteiger partial charge in [-0.05, 0) is 12.1 Å². The highest BCUT2D eigenvalue weighted by Gasteiger charge is 2.62. The van der Waals surface area contributed by atoms with Crippen LogP contribution in [0.2, 0.25) is 0 Å². The Balaban J connectivity index is 3.21. The summed E-state index contributed by atoms with van der Waals surface area (Å²) in [6.45, 7) is 0. The van der Waals surface area contributed by atoms with E-state index in [0.29, 0.717) is 0 Å². The Morgan fingerprint density at radius 3 is 1.64 bits per heavy atom. The second kappa shape index (κ2) is 6.38. The summed E-state index contributed by atoms with van der Waals surface area (Å²) in [5.41, 5.74) is -1.57. The second-order valence-electron chi connectivity index (χ2n) is 4.20. The summed E-state index contributed by atoms with van der Waals surface area (Å²) in [6.07, 6.45) is -24.1. The molecular formula is C10H5F10NO4. The molecule has 0 heterocycles. The number of ether oxygens (including phenoxy) is 2. The molecule has 1 unspecified atom stereocenters. The average molecular weight is 393 g/mol. The Morgan fingerprint density at radius 2 is 1.24 bits per heavy atom. The van der Waals surface area contributed by atoms with E-state index in [1.807, 2.05) is 0 Å². The van der Waals surface area contributed by atoms with Gasteiger partial charge in [-0.2, -0.15) is 49.1 Å². The second-order valence-corrected chi connectivity index (χ2v) is 4.20. The van der Waals surface area contributed by atoms with E-state index >= 15 is 0 Å². The van der Waals surface area contributed by atoms with Gasteiger partial charge in [-0.3, -0.25) is 0 Å². The van der Waals surface area contributed by atoms with E-state index in [4.69, 9.17) is 5.21 Å². The molecule has 0 aliphatic heterocycles. The van der Waals surface area contributed by atoms with Crippen molar-refractivity contribution in [3.8, 4) is 11.5 Å². The standard InChI is InChI=1S/C10H5F10NO4/c11-7(12,13)9(17,18)24-4-1-2-6(5(3-4)21(22)23)25-10(19,20)8(14,15)16/h1-3,21-22H. The van der Waals surface area contributed by atoms with Crippen LogP contribution < -0.4 is 14.7 Å². The van der Waals surface area contributed by atoms with Crippen LogP contribution >= 0.6 is 0 Å². The number of halogens is 10. The average Bonchev–Trinajstić information content (AvgIpc) is 2.36. The van der Waals surface area contributed by atoms with E-state index in [2.05, 4.69) is 9.47 Å². The van der Waals surface area contributed by atoms with Gasteiger partial charge in [-0.25, -0.2) is 5.21 Å². The van der Waals surface area contributed by atoms with Crippen LogP contribution in [0.3, 0.4) is 0 Å². The first kappa shape index (κ1) is 21.0. The van der Waals surface area contributed by atoms with Gasteiger partial charge >= 0.3 is 24.6 Å². The van der Waals surface area contributed by atoms with Crippen molar-refractivity contribution in [2.24, 2.45) is 0 Å². The molecule has 0 fully saturated rings. The van der Waals surface area contributed by atoms with Crippen LogP contribution in [0.15, 0.2) is 18.2 Å². The molecule has 2 N–H and O–H groups in total. The number of hydrogen-bond donors (Lipinski definition) is 2. The Bertz CT molecular complexity index is 613. The van der Waals surface area contributed by atoms with Crippen LogP contribution in [0.1, 0.15) is 0 Å². The molecule has 0 saturated carbocycles. The maximum Gasteiger partial charge on any atom is 0.499 e. The lowest BCUT2D eigenvalue weighted by molar-refractivity contribution is -0.991. The first-order chi connectivity index (χ1) is 11.0. The summed E-state index contributed by atoms with van der Waals surface area (Å²) in [5.74, 6) is -3.11. The first-order valence-corrected chi connectivity index (χ1v) is 5.62. The molecule has 0 saturated heterocycles. The lowest BCUT2D eigenvalue weighted by Crippen LogP contribution is -2.99. The van der Waals surface area contributed by atoms with Crippen molar-refractivity contribution in [1.29, 1.82) is 0 Å². The van der Waals surface area contributed by atoms with E-state index in [1.165, 1.54) is 0 Å². The predicted octanol–water partition coefficient (Wildman–Crippen LogP) is 3.16. The third-order valence-electron chi connectivity index (χ3n) is 2.33. The third-order valence-corrected chi connectivity index (χ3v) is 2.33. The molecule has 1 atom stereocenters. The van der Waals surface area contributed by atoms with Gasteiger partial charge in [0.15, 0.2) is 5.75 Å². The fraction of sp³-hybridized carbons (Fsp3) is 0.400. The zero-order valence-corrected chi connectivity index (χ0v) is 11.2. The number of quaternary nitrogens is 1. The summed E-state index contributed by atoms with van der Waals surface area (Å²) in [4.78, 5) is 0. The molecule has 15 heteroatoms. The molecule has 25 heavy (non-hydrogen) atoms. The highest BCUT2D eigenvalue weighted by atomic mass is 19.4. The molecule has 0 bridgehead atoms. The number of rotatable bonds is 5. The quantitative estimate of drug-likeness (QED) is 0.596.